The van der Waals surface area contributed by atoms with Crippen LogP contribution in [0.25, 0.3) is 10.8 Å². The number of unbranched alkanes of at least 4 members (excludes halogenated alkanes) is 1. The zero-order chi connectivity index (χ0) is 23.5. The summed E-state index contributed by atoms with van der Waals surface area (Å²) in [6.07, 6.45) is 3.04. The Hall–Kier alpha value is -3.84. The van der Waals surface area contributed by atoms with E-state index in [0.29, 0.717) is 36.3 Å². The van der Waals surface area contributed by atoms with Gasteiger partial charge in [-0.2, -0.15) is 0 Å². The molecule has 1 atom stereocenters. The number of anilines is 1. The number of aliphatic hydroxyl groups is 1. The third-order valence-corrected chi connectivity index (χ3v) is 4.99. The Balaban J connectivity index is 1.77. The average molecular weight is 450 g/mol. The van der Waals surface area contributed by atoms with Crippen molar-refractivity contribution in [2.75, 3.05) is 18.5 Å². The van der Waals surface area contributed by atoms with Gasteiger partial charge >= 0.3 is 12.1 Å². The lowest BCUT2D eigenvalue weighted by Crippen LogP contribution is -2.18. The predicted molar refractivity (Wildman–Crippen MR) is 126 cm³/mol. The van der Waals surface area contributed by atoms with Crippen LogP contribution in [0.2, 0.25) is 0 Å². The van der Waals surface area contributed by atoms with Crippen LogP contribution in [-0.2, 0) is 9.53 Å². The van der Waals surface area contributed by atoms with Crippen LogP contribution in [0.1, 0.15) is 30.9 Å². The van der Waals surface area contributed by atoms with Crippen molar-refractivity contribution in [3.63, 3.8) is 0 Å². The number of carbonyl (C=O) groups excluding carboxylic acids is 1. The molecule has 0 aliphatic heterocycles. The van der Waals surface area contributed by atoms with Gasteiger partial charge in [0.05, 0.1) is 12.3 Å². The summed E-state index contributed by atoms with van der Waals surface area (Å²) >= 11 is 0. The number of fused-ring (bicyclic) bond motifs is 1. The number of ether oxygens (including phenoxy) is 2. The smallest absolute Gasteiger partial charge is 0.412 e. The highest BCUT2D eigenvalue weighted by Crippen LogP contribution is 2.32. The van der Waals surface area contributed by atoms with Gasteiger partial charge in [0.2, 0.25) is 0 Å². The number of aliphatic hydroxyl groups excluding tert-OH is 1. The lowest BCUT2D eigenvalue weighted by atomic mass is 10.0. The molecule has 0 unspecified atom stereocenters. The number of benzene rings is 3. The van der Waals surface area contributed by atoms with Crippen molar-refractivity contribution in [3.8, 4) is 5.75 Å². The molecule has 0 aromatic heterocycles. The summed E-state index contributed by atoms with van der Waals surface area (Å²) < 4.78 is 11.4. The highest BCUT2D eigenvalue weighted by atomic mass is 16.6. The number of carboxylic acid groups (broad SMARTS) is 1. The summed E-state index contributed by atoms with van der Waals surface area (Å²) in [6.45, 7) is -0.0192. The summed E-state index contributed by atoms with van der Waals surface area (Å²) in [5.74, 6) is -0.476. The SMILES string of the molecule is O=C(O)/C=C/CCC[C@@H](OC(=O)Nc1cccc2ccccc12)c1ccccc1OCCO. The van der Waals surface area contributed by atoms with Gasteiger partial charge in [0.15, 0.2) is 0 Å². The number of aliphatic carboxylic acids is 1. The van der Waals surface area contributed by atoms with E-state index in [1.807, 2.05) is 54.6 Å². The van der Waals surface area contributed by atoms with Gasteiger partial charge in [-0.3, -0.25) is 5.32 Å². The van der Waals surface area contributed by atoms with Crippen LogP contribution in [-0.4, -0.2) is 35.5 Å². The zero-order valence-electron chi connectivity index (χ0n) is 18.1. The van der Waals surface area contributed by atoms with Crippen molar-refractivity contribution in [2.45, 2.75) is 25.4 Å². The second-order valence-corrected chi connectivity index (χ2v) is 7.33. The number of carbonyl (C=O) groups is 2. The first-order valence-electron chi connectivity index (χ1n) is 10.8. The Bertz CT molecular complexity index is 1110. The fourth-order valence-corrected chi connectivity index (χ4v) is 3.52. The summed E-state index contributed by atoms with van der Waals surface area (Å²) in [6, 6.07) is 20.6. The Morgan fingerprint density at radius 1 is 1.00 bits per heavy atom. The molecule has 7 heteroatoms. The first kappa shape index (κ1) is 23.8. The van der Waals surface area contributed by atoms with E-state index in [2.05, 4.69) is 5.32 Å². The van der Waals surface area contributed by atoms with Gasteiger partial charge in [0.25, 0.3) is 0 Å². The van der Waals surface area contributed by atoms with E-state index >= 15 is 0 Å². The van der Waals surface area contributed by atoms with Crippen molar-refractivity contribution >= 4 is 28.5 Å². The zero-order valence-corrected chi connectivity index (χ0v) is 18.1. The minimum absolute atomic E-state index is 0.118. The second kappa shape index (κ2) is 12.3. The molecule has 0 saturated heterocycles. The van der Waals surface area contributed by atoms with Crippen LogP contribution in [0.4, 0.5) is 10.5 Å². The molecule has 0 spiro atoms. The van der Waals surface area contributed by atoms with E-state index in [-0.39, 0.29) is 13.2 Å². The van der Waals surface area contributed by atoms with Crippen molar-refractivity contribution in [1.82, 2.24) is 0 Å². The molecule has 3 rings (SSSR count). The van der Waals surface area contributed by atoms with E-state index in [1.165, 1.54) is 0 Å². The number of para-hydroxylation sites is 1. The van der Waals surface area contributed by atoms with E-state index in [9.17, 15) is 9.59 Å². The standard InChI is InChI=1S/C26H27NO6/c28-17-18-32-23-14-7-6-12-21(23)24(15-2-1-3-16-25(29)30)33-26(31)27-22-13-8-10-19-9-4-5-11-20(19)22/h3-14,16,24,28H,1-2,15,17-18H2,(H,27,31)(H,29,30)/b16-3+/t24-/m1/s1. The number of amides is 1. The van der Waals surface area contributed by atoms with Gasteiger partial charge < -0.3 is 19.7 Å². The van der Waals surface area contributed by atoms with Crippen LogP contribution in [0.15, 0.2) is 78.9 Å². The molecule has 0 aliphatic carbocycles. The first-order valence-corrected chi connectivity index (χ1v) is 10.8. The van der Waals surface area contributed by atoms with Gasteiger partial charge in [0, 0.05) is 17.0 Å². The summed E-state index contributed by atoms with van der Waals surface area (Å²) in [5, 5.41) is 22.6. The number of nitrogens with one attached hydrogen (secondary N) is 1. The van der Waals surface area contributed by atoms with Gasteiger partial charge in [-0.15, -0.1) is 0 Å². The molecule has 3 N–H and O–H groups in total. The second-order valence-electron chi connectivity index (χ2n) is 7.33. The molecule has 0 saturated carbocycles. The summed E-state index contributed by atoms with van der Waals surface area (Å²) in [5.41, 5.74) is 1.33. The van der Waals surface area contributed by atoms with Gasteiger partial charge in [0.1, 0.15) is 18.5 Å². The molecular weight excluding hydrogens is 422 g/mol. The largest absolute Gasteiger partial charge is 0.491 e. The molecule has 0 fully saturated rings. The molecule has 33 heavy (non-hydrogen) atoms. The maximum absolute atomic E-state index is 12.8. The number of carboxylic acids is 1. The predicted octanol–water partition coefficient (Wildman–Crippen LogP) is 5.31. The molecule has 0 radical (unpaired) electrons. The lowest BCUT2D eigenvalue weighted by molar-refractivity contribution is -0.131. The van der Waals surface area contributed by atoms with E-state index < -0.39 is 18.2 Å². The Labute approximate surface area is 192 Å². The lowest BCUT2D eigenvalue weighted by Gasteiger charge is -2.21. The van der Waals surface area contributed by atoms with Crippen LogP contribution < -0.4 is 10.1 Å². The van der Waals surface area contributed by atoms with Crippen molar-refractivity contribution in [2.24, 2.45) is 0 Å². The third-order valence-electron chi connectivity index (χ3n) is 4.99. The van der Waals surface area contributed by atoms with Gasteiger partial charge in [-0.05, 0) is 36.8 Å². The van der Waals surface area contributed by atoms with E-state index in [1.54, 1.807) is 18.2 Å². The molecule has 1 amide bonds. The van der Waals surface area contributed by atoms with E-state index in [0.717, 1.165) is 16.8 Å². The van der Waals surface area contributed by atoms with E-state index in [4.69, 9.17) is 19.7 Å². The Kier molecular flexibility index (Phi) is 8.85. The third kappa shape index (κ3) is 7.08. The minimum Gasteiger partial charge on any atom is -0.491 e. The van der Waals surface area contributed by atoms with Crippen LogP contribution >= 0.6 is 0 Å². The summed E-state index contributed by atoms with van der Waals surface area (Å²) in [7, 11) is 0. The molecule has 7 nitrogen and oxygen atoms in total. The maximum Gasteiger partial charge on any atom is 0.412 e. The number of allylic oxidation sites excluding steroid dienone is 1. The fraction of sp³-hybridized carbons (Fsp3) is 0.231. The maximum atomic E-state index is 12.8. The molecule has 0 aliphatic rings. The summed E-state index contributed by atoms with van der Waals surface area (Å²) in [4.78, 5) is 23.5. The van der Waals surface area contributed by atoms with Crippen molar-refractivity contribution in [1.29, 1.82) is 0 Å². The van der Waals surface area contributed by atoms with Crippen LogP contribution in [0, 0.1) is 0 Å². The molecule has 172 valence electrons. The monoisotopic (exact) mass is 449 g/mol. The van der Waals surface area contributed by atoms with Gasteiger partial charge in [-0.1, -0.05) is 60.7 Å². The highest BCUT2D eigenvalue weighted by molar-refractivity contribution is 6.00. The van der Waals surface area contributed by atoms with Crippen molar-refractivity contribution < 1.29 is 29.3 Å². The van der Waals surface area contributed by atoms with Crippen LogP contribution in [0.5, 0.6) is 5.75 Å². The minimum atomic E-state index is -1.000. The topological polar surface area (TPSA) is 105 Å². The number of hydrogen-bond acceptors (Lipinski definition) is 5. The first-order chi connectivity index (χ1) is 16.1. The molecular formula is C26H27NO6. The average Bonchev–Trinajstić information content (AvgIpc) is 2.82. The fourth-order valence-electron chi connectivity index (χ4n) is 3.52. The Morgan fingerprint density at radius 2 is 1.76 bits per heavy atom. The number of rotatable bonds is 11. The number of hydrogen-bond donors (Lipinski definition) is 3. The van der Waals surface area contributed by atoms with Gasteiger partial charge in [-0.25, -0.2) is 9.59 Å². The molecule has 3 aromatic carbocycles. The highest BCUT2D eigenvalue weighted by Gasteiger charge is 2.21. The molecule has 0 heterocycles. The molecule has 3 aromatic rings. The van der Waals surface area contributed by atoms with Crippen LogP contribution in [0.3, 0.4) is 0 Å². The normalized spacial score (nSPS) is 11.9. The quantitative estimate of drug-likeness (QED) is 0.271. The molecule has 0 bridgehead atoms. The Morgan fingerprint density at radius 3 is 2.58 bits per heavy atom. The van der Waals surface area contributed by atoms with Crippen molar-refractivity contribution in [3.05, 3.63) is 84.4 Å².